The summed E-state index contributed by atoms with van der Waals surface area (Å²) in [5.41, 5.74) is 0.106. The van der Waals surface area contributed by atoms with E-state index in [0.717, 1.165) is 32.4 Å². The minimum Gasteiger partial charge on any atom is -0.434 e. The van der Waals surface area contributed by atoms with Gasteiger partial charge >= 0.3 is 6.61 Å². The summed E-state index contributed by atoms with van der Waals surface area (Å²) in [7, 11) is 0. The Labute approximate surface area is 139 Å². The second kappa shape index (κ2) is 7.15. The minimum atomic E-state index is -2.99. The minimum absolute atomic E-state index is 0.0934. The van der Waals surface area contributed by atoms with Crippen molar-refractivity contribution >= 4 is 11.8 Å². The molecule has 1 aromatic carbocycles. The van der Waals surface area contributed by atoms with E-state index in [4.69, 9.17) is 0 Å². The maximum Gasteiger partial charge on any atom is 0.387 e. The molecule has 0 aromatic heterocycles. The Hall–Kier alpha value is -2.18. The lowest BCUT2D eigenvalue weighted by Gasteiger charge is -2.38. The monoisotopic (exact) mass is 338 g/mol. The van der Waals surface area contributed by atoms with Crippen molar-refractivity contribution in [1.29, 1.82) is 0 Å². The van der Waals surface area contributed by atoms with Crippen LogP contribution in [0.5, 0.6) is 5.75 Å². The molecule has 0 saturated carbocycles. The van der Waals surface area contributed by atoms with Crippen LogP contribution in [0.1, 0.15) is 29.6 Å². The highest BCUT2D eigenvalue weighted by Gasteiger charge is 2.34. The Morgan fingerprint density at radius 2 is 1.79 bits per heavy atom. The number of nitrogens with zero attached hydrogens (tertiary/aromatic N) is 2. The first-order chi connectivity index (χ1) is 11.6. The van der Waals surface area contributed by atoms with Crippen molar-refractivity contribution in [1.82, 2.24) is 9.80 Å². The number of para-hydroxylation sites is 1. The quantitative estimate of drug-likeness (QED) is 0.847. The number of carbonyl (C=O) groups excluding carboxylic acids is 2. The van der Waals surface area contributed by atoms with Crippen LogP contribution in [0.2, 0.25) is 0 Å². The summed E-state index contributed by atoms with van der Waals surface area (Å²) < 4.78 is 29.5. The van der Waals surface area contributed by atoms with Gasteiger partial charge in [0.15, 0.2) is 0 Å². The molecule has 130 valence electrons. The van der Waals surface area contributed by atoms with E-state index in [2.05, 4.69) is 4.74 Å². The number of halogens is 2. The second-order valence-corrected chi connectivity index (χ2v) is 6.14. The van der Waals surface area contributed by atoms with E-state index in [-0.39, 0.29) is 29.0 Å². The number of rotatable bonds is 4. The molecule has 5 nitrogen and oxygen atoms in total. The Kier molecular flexibility index (Phi) is 4.97. The van der Waals surface area contributed by atoms with Gasteiger partial charge in [0.25, 0.3) is 5.91 Å². The molecule has 0 N–H and O–H groups in total. The molecule has 0 bridgehead atoms. The molecule has 2 aliphatic heterocycles. The average molecular weight is 338 g/mol. The van der Waals surface area contributed by atoms with Gasteiger partial charge in [-0.25, -0.2) is 0 Å². The number of benzene rings is 1. The van der Waals surface area contributed by atoms with Crippen molar-refractivity contribution in [3.63, 3.8) is 0 Å². The molecule has 1 atom stereocenters. The van der Waals surface area contributed by atoms with Gasteiger partial charge in [-0.1, -0.05) is 12.1 Å². The predicted octanol–water partition coefficient (Wildman–Crippen LogP) is 2.37. The first kappa shape index (κ1) is 16.7. The molecule has 3 rings (SSSR count). The Balaban J connectivity index is 1.71. The molecule has 2 heterocycles. The Morgan fingerprint density at radius 1 is 1.08 bits per heavy atom. The standard InChI is InChI=1S/C17H20F2N2O3/c18-17(19)24-14-7-2-1-6-13(14)16(23)21-8-3-5-12(11-21)15(22)20-9-4-10-20/h1-2,6-7,12,17H,3-5,8-11H2/t12-/m0/s1. The lowest BCUT2D eigenvalue weighted by atomic mass is 9.94. The zero-order chi connectivity index (χ0) is 17.1. The number of carbonyl (C=O) groups is 2. The first-order valence-corrected chi connectivity index (χ1v) is 8.18. The third-order valence-electron chi connectivity index (χ3n) is 4.56. The van der Waals surface area contributed by atoms with Crippen molar-refractivity contribution in [2.45, 2.75) is 25.9 Å². The van der Waals surface area contributed by atoms with Crippen molar-refractivity contribution in [3.05, 3.63) is 29.8 Å². The highest BCUT2D eigenvalue weighted by atomic mass is 19.3. The highest BCUT2D eigenvalue weighted by Crippen LogP contribution is 2.26. The van der Waals surface area contributed by atoms with Crippen molar-refractivity contribution < 1.29 is 23.1 Å². The van der Waals surface area contributed by atoms with Gasteiger partial charge in [0, 0.05) is 26.2 Å². The summed E-state index contributed by atoms with van der Waals surface area (Å²) in [6.45, 7) is -0.563. The summed E-state index contributed by atoms with van der Waals surface area (Å²) in [5.74, 6) is -0.608. The number of alkyl halides is 2. The highest BCUT2D eigenvalue weighted by molar-refractivity contribution is 5.97. The SMILES string of the molecule is O=C(c1ccccc1OC(F)F)N1CCC[C@H](C(=O)N2CCC2)C1. The predicted molar refractivity (Wildman–Crippen MR) is 82.9 cm³/mol. The number of hydrogen-bond acceptors (Lipinski definition) is 3. The van der Waals surface area contributed by atoms with Gasteiger partial charge in [0.05, 0.1) is 11.5 Å². The fraction of sp³-hybridized carbons (Fsp3) is 0.529. The van der Waals surface area contributed by atoms with Gasteiger partial charge in [-0.15, -0.1) is 0 Å². The Morgan fingerprint density at radius 3 is 2.46 bits per heavy atom. The number of ether oxygens (including phenoxy) is 1. The number of likely N-dealkylation sites (tertiary alicyclic amines) is 2. The van der Waals surface area contributed by atoms with Crippen LogP contribution in [-0.4, -0.2) is 54.4 Å². The van der Waals surface area contributed by atoms with Crippen LogP contribution >= 0.6 is 0 Å². The van der Waals surface area contributed by atoms with E-state index in [1.165, 1.54) is 12.1 Å². The number of amides is 2. The zero-order valence-electron chi connectivity index (χ0n) is 13.3. The molecule has 0 unspecified atom stereocenters. The fourth-order valence-electron chi connectivity index (χ4n) is 3.17. The van der Waals surface area contributed by atoms with Crippen molar-refractivity contribution in [3.8, 4) is 5.75 Å². The third-order valence-corrected chi connectivity index (χ3v) is 4.56. The molecule has 0 radical (unpaired) electrons. The number of hydrogen-bond donors (Lipinski definition) is 0. The summed E-state index contributed by atoms with van der Waals surface area (Å²) >= 11 is 0. The fourth-order valence-corrected chi connectivity index (χ4v) is 3.17. The lowest BCUT2D eigenvalue weighted by Crippen LogP contribution is -2.50. The molecule has 7 heteroatoms. The van der Waals surface area contributed by atoms with Gasteiger partial charge < -0.3 is 14.5 Å². The van der Waals surface area contributed by atoms with Crippen LogP contribution in [0.25, 0.3) is 0 Å². The van der Waals surface area contributed by atoms with Crippen molar-refractivity contribution in [2.75, 3.05) is 26.2 Å². The van der Waals surface area contributed by atoms with E-state index >= 15 is 0 Å². The van der Waals surface area contributed by atoms with Gasteiger partial charge in [-0.3, -0.25) is 9.59 Å². The lowest BCUT2D eigenvalue weighted by molar-refractivity contribution is -0.140. The van der Waals surface area contributed by atoms with Crippen LogP contribution in [0.4, 0.5) is 8.78 Å². The van der Waals surface area contributed by atoms with Crippen molar-refractivity contribution in [2.24, 2.45) is 5.92 Å². The van der Waals surface area contributed by atoms with Crippen LogP contribution < -0.4 is 4.74 Å². The summed E-state index contributed by atoms with van der Waals surface area (Å²) in [6, 6.07) is 5.98. The van der Waals surface area contributed by atoms with Crippen LogP contribution in [0.3, 0.4) is 0 Å². The first-order valence-electron chi connectivity index (χ1n) is 8.18. The Bertz CT molecular complexity index is 620. The average Bonchev–Trinajstić information content (AvgIpc) is 2.52. The maximum atomic E-state index is 12.7. The summed E-state index contributed by atoms with van der Waals surface area (Å²) in [4.78, 5) is 28.4. The largest absolute Gasteiger partial charge is 0.434 e. The molecular formula is C17H20F2N2O3. The maximum absolute atomic E-state index is 12.7. The van der Waals surface area contributed by atoms with Crippen LogP contribution in [0, 0.1) is 5.92 Å². The van der Waals surface area contributed by atoms with E-state index in [1.807, 2.05) is 4.90 Å². The normalized spacial score (nSPS) is 20.7. The molecule has 2 saturated heterocycles. The van der Waals surface area contributed by atoms with Gasteiger partial charge in [0.1, 0.15) is 5.75 Å². The molecule has 24 heavy (non-hydrogen) atoms. The zero-order valence-corrected chi connectivity index (χ0v) is 13.3. The van der Waals surface area contributed by atoms with E-state index < -0.39 is 6.61 Å². The molecule has 0 spiro atoms. The topological polar surface area (TPSA) is 49.9 Å². The molecule has 2 aliphatic rings. The molecule has 1 aromatic rings. The van der Waals surface area contributed by atoms with Crippen LogP contribution in [0.15, 0.2) is 24.3 Å². The third kappa shape index (κ3) is 3.49. The van der Waals surface area contributed by atoms with E-state index in [9.17, 15) is 18.4 Å². The molecular weight excluding hydrogens is 318 g/mol. The summed E-state index contributed by atoms with van der Waals surface area (Å²) in [5, 5.41) is 0. The van der Waals surface area contributed by atoms with Gasteiger partial charge in [0.2, 0.25) is 5.91 Å². The second-order valence-electron chi connectivity index (χ2n) is 6.14. The summed E-state index contributed by atoms with van der Waals surface area (Å²) in [6.07, 6.45) is 2.52. The smallest absolute Gasteiger partial charge is 0.387 e. The van der Waals surface area contributed by atoms with E-state index in [1.54, 1.807) is 17.0 Å². The number of piperidine rings is 1. The van der Waals surface area contributed by atoms with Gasteiger partial charge in [-0.05, 0) is 31.4 Å². The van der Waals surface area contributed by atoms with Gasteiger partial charge in [-0.2, -0.15) is 8.78 Å². The molecule has 2 amide bonds. The molecule has 2 fully saturated rings. The molecule has 0 aliphatic carbocycles. The van der Waals surface area contributed by atoms with Crippen LogP contribution in [-0.2, 0) is 4.79 Å². The van der Waals surface area contributed by atoms with E-state index in [0.29, 0.717) is 13.1 Å².